The van der Waals surface area contributed by atoms with E-state index in [0.29, 0.717) is 6.04 Å². The van der Waals surface area contributed by atoms with Crippen LogP contribution in [0.5, 0.6) is 0 Å². The fourth-order valence-corrected chi connectivity index (χ4v) is 3.11. The number of hydrogen-bond donors (Lipinski definition) is 2. The Kier molecular flexibility index (Phi) is 9.02. The van der Waals surface area contributed by atoms with Crippen molar-refractivity contribution in [2.24, 2.45) is 0 Å². The molecular weight excluding hydrogens is 304 g/mol. The van der Waals surface area contributed by atoms with Gasteiger partial charge in [0.2, 0.25) is 0 Å². The minimum atomic E-state index is -0.399. The molecule has 24 heavy (non-hydrogen) atoms. The average molecular weight is 343 g/mol. The van der Waals surface area contributed by atoms with Crippen LogP contribution in [0.1, 0.15) is 46.5 Å². The molecule has 142 valence electrons. The summed E-state index contributed by atoms with van der Waals surface area (Å²) in [7, 11) is 6.16. The van der Waals surface area contributed by atoms with Gasteiger partial charge in [0.05, 0.1) is 0 Å². The molecule has 2 rings (SSSR count). The predicted molar refractivity (Wildman–Crippen MR) is 99.5 cm³/mol. The molecule has 2 saturated heterocycles. The van der Waals surface area contributed by atoms with Crippen molar-refractivity contribution in [3.63, 3.8) is 0 Å². The number of ether oxygens (including phenoxy) is 1. The summed E-state index contributed by atoms with van der Waals surface area (Å²) in [6, 6.07) is 1.15. The van der Waals surface area contributed by atoms with Gasteiger partial charge in [-0.15, -0.1) is 0 Å². The molecular formula is C18H38N4O2. The van der Waals surface area contributed by atoms with Crippen molar-refractivity contribution in [2.75, 3.05) is 47.3 Å². The number of carbonyl (C=O) groups is 1. The van der Waals surface area contributed by atoms with Crippen molar-refractivity contribution >= 4 is 6.09 Å². The highest BCUT2D eigenvalue weighted by atomic mass is 16.6. The quantitative estimate of drug-likeness (QED) is 0.803. The van der Waals surface area contributed by atoms with Crippen LogP contribution in [0.2, 0.25) is 0 Å². The number of likely N-dealkylation sites (N-methyl/N-ethyl adjacent to an activating group) is 3. The van der Waals surface area contributed by atoms with Gasteiger partial charge in [0.1, 0.15) is 5.60 Å². The average Bonchev–Trinajstić information content (AvgIpc) is 2.54. The Hall–Kier alpha value is -0.850. The lowest BCUT2D eigenvalue weighted by Gasteiger charge is -2.33. The van der Waals surface area contributed by atoms with Gasteiger partial charge in [-0.25, -0.2) is 4.79 Å². The smallest absolute Gasteiger partial charge is 0.410 e. The van der Waals surface area contributed by atoms with Gasteiger partial charge < -0.3 is 25.2 Å². The number of hydrogen-bond acceptors (Lipinski definition) is 5. The van der Waals surface area contributed by atoms with Crippen LogP contribution in [0.4, 0.5) is 4.79 Å². The normalized spacial score (nSPS) is 25.7. The Morgan fingerprint density at radius 1 is 1.00 bits per heavy atom. The monoisotopic (exact) mass is 342 g/mol. The van der Waals surface area contributed by atoms with E-state index in [2.05, 4.69) is 22.6 Å². The van der Waals surface area contributed by atoms with Crippen molar-refractivity contribution in [1.29, 1.82) is 0 Å². The molecule has 0 aromatic heterocycles. The first-order valence-corrected chi connectivity index (χ1v) is 9.26. The molecule has 0 radical (unpaired) electrons. The summed E-state index contributed by atoms with van der Waals surface area (Å²) >= 11 is 0. The Bertz CT molecular complexity index is 371. The molecule has 2 aliphatic heterocycles. The summed E-state index contributed by atoms with van der Waals surface area (Å²) in [5.74, 6) is 0. The number of rotatable bonds is 2. The number of nitrogens with zero attached hydrogens (tertiary/aromatic N) is 2. The highest BCUT2D eigenvalue weighted by Gasteiger charge is 2.26. The van der Waals surface area contributed by atoms with Gasteiger partial charge >= 0.3 is 6.09 Å². The molecule has 1 amide bonds. The van der Waals surface area contributed by atoms with Crippen LogP contribution in [0.15, 0.2) is 0 Å². The largest absolute Gasteiger partial charge is 0.444 e. The number of carbonyl (C=O) groups excluding carboxylic acids is 1. The minimum absolute atomic E-state index is 0.192. The molecule has 6 heteroatoms. The Labute approximate surface area is 148 Å². The summed E-state index contributed by atoms with van der Waals surface area (Å²) in [5, 5.41) is 6.49. The van der Waals surface area contributed by atoms with Crippen LogP contribution >= 0.6 is 0 Å². The lowest BCUT2D eigenvalue weighted by molar-refractivity contribution is 0.0190. The van der Waals surface area contributed by atoms with Crippen LogP contribution in [-0.4, -0.2) is 80.9 Å². The molecule has 0 aliphatic carbocycles. The second-order valence-corrected chi connectivity index (χ2v) is 7.94. The third-order valence-corrected chi connectivity index (χ3v) is 4.51. The van der Waals surface area contributed by atoms with Gasteiger partial charge in [-0.3, -0.25) is 0 Å². The van der Waals surface area contributed by atoms with E-state index in [-0.39, 0.29) is 6.09 Å². The van der Waals surface area contributed by atoms with Gasteiger partial charge in [0.15, 0.2) is 0 Å². The molecule has 0 bridgehead atoms. The van der Waals surface area contributed by atoms with Crippen LogP contribution in [0.25, 0.3) is 0 Å². The summed E-state index contributed by atoms with van der Waals surface area (Å²) in [6.45, 7) is 9.74. The fourth-order valence-electron chi connectivity index (χ4n) is 3.11. The van der Waals surface area contributed by atoms with Crippen molar-refractivity contribution in [2.45, 2.75) is 64.1 Å². The molecule has 0 spiro atoms. The lowest BCUT2D eigenvalue weighted by atomic mass is 10.1. The number of amides is 1. The van der Waals surface area contributed by atoms with Gasteiger partial charge in [0, 0.05) is 31.7 Å². The van der Waals surface area contributed by atoms with Crippen LogP contribution < -0.4 is 10.6 Å². The van der Waals surface area contributed by atoms with Gasteiger partial charge in [-0.05, 0) is 74.1 Å². The summed E-state index contributed by atoms with van der Waals surface area (Å²) in [6.07, 6.45) is 4.69. The Morgan fingerprint density at radius 3 is 2.00 bits per heavy atom. The van der Waals surface area contributed by atoms with E-state index in [9.17, 15) is 4.79 Å². The highest BCUT2D eigenvalue weighted by Crippen LogP contribution is 2.15. The van der Waals surface area contributed by atoms with Crippen LogP contribution in [0.3, 0.4) is 0 Å². The maximum Gasteiger partial charge on any atom is 0.410 e. The number of likely N-dealkylation sites (tertiary alicyclic amines) is 2. The van der Waals surface area contributed by atoms with Crippen LogP contribution in [0, 0.1) is 0 Å². The van der Waals surface area contributed by atoms with Gasteiger partial charge in [-0.2, -0.15) is 0 Å². The summed E-state index contributed by atoms with van der Waals surface area (Å²) < 4.78 is 5.33. The summed E-state index contributed by atoms with van der Waals surface area (Å²) in [5.41, 5.74) is -0.399. The molecule has 0 saturated carbocycles. The first-order chi connectivity index (χ1) is 11.2. The van der Waals surface area contributed by atoms with E-state index >= 15 is 0 Å². The SMILES string of the molecule is CNC1CCCN(C(=O)OC(C)(C)C)C1.CNC1CCCN(C)C1. The molecule has 2 unspecified atom stereocenters. The zero-order valence-electron chi connectivity index (χ0n) is 16.5. The van der Waals surface area contributed by atoms with E-state index < -0.39 is 5.60 Å². The summed E-state index contributed by atoms with van der Waals surface area (Å²) in [4.78, 5) is 15.9. The Balaban J connectivity index is 0.000000272. The third kappa shape index (κ3) is 8.31. The van der Waals surface area contributed by atoms with Crippen molar-refractivity contribution in [3.05, 3.63) is 0 Å². The molecule has 2 N–H and O–H groups in total. The molecule has 2 atom stereocenters. The van der Waals surface area contributed by atoms with E-state index in [4.69, 9.17) is 4.74 Å². The van der Waals surface area contributed by atoms with E-state index in [0.717, 1.165) is 32.0 Å². The molecule has 6 nitrogen and oxygen atoms in total. The molecule has 2 aliphatic rings. The molecule has 2 heterocycles. The third-order valence-electron chi connectivity index (χ3n) is 4.51. The maximum absolute atomic E-state index is 11.8. The number of nitrogens with one attached hydrogen (secondary N) is 2. The zero-order chi connectivity index (χ0) is 18.2. The van der Waals surface area contributed by atoms with E-state index in [1.54, 1.807) is 4.90 Å². The van der Waals surface area contributed by atoms with Gasteiger partial charge in [0.25, 0.3) is 0 Å². The maximum atomic E-state index is 11.8. The van der Waals surface area contributed by atoms with Crippen molar-refractivity contribution in [3.8, 4) is 0 Å². The number of piperidine rings is 2. The topological polar surface area (TPSA) is 56.8 Å². The first kappa shape index (κ1) is 21.2. The second kappa shape index (κ2) is 10.2. The highest BCUT2D eigenvalue weighted by molar-refractivity contribution is 5.68. The Morgan fingerprint density at radius 2 is 1.54 bits per heavy atom. The van der Waals surface area contributed by atoms with Crippen molar-refractivity contribution < 1.29 is 9.53 Å². The molecule has 0 aromatic carbocycles. The van der Waals surface area contributed by atoms with E-state index in [1.165, 1.54) is 25.9 Å². The minimum Gasteiger partial charge on any atom is -0.444 e. The standard InChI is InChI=1S/C11H22N2O2.C7H16N2/c1-11(2,3)15-10(14)13-7-5-6-9(8-13)12-4;1-8-7-4-3-5-9(2)6-7/h9,12H,5-8H2,1-4H3;7-8H,3-6H2,1-2H3. The first-order valence-electron chi connectivity index (χ1n) is 9.26. The van der Waals surface area contributed by atoms with Crippen molar-refractivity contribution in [1.82, 2.24) is 20.4 Å². The van der Waals surface area contributed by atoms with Gasteiger partial charge in [-0.1, -0.05) is 0 Å². The van der Waals surface area contributed by atoms with Crippen LogP contribution in [-0.2, 0) is 4.74 Å². The molecule has 0 aromatic rings. The van der Waals surface area contributed by atoms with E-state index in [1.807, 2.05) is 34.9 Å². The fraction of sp³-hybridized carbons (Fsp3) is 0.944. The molecule has 2 fully saturated rings. The predicted octanol–water partition coefficient (Wildman–Crippen LogP) is 1.91. The second-order valence-electron chi connectivity index (χ2n) is 7.94. The lowest BCUT2D eigenvalue weighted by Crippen LogP contribution is -2.48. The zero-order valence-corrected chi connectivity index (χ0v) is 16.5.